The molecule has 3 atom stereocenters. The van der Waals surface area contributed by atoms with Gasteiger partial charge in [-0.05, 0) is 29.3 Å². The molecule has 0 aliphatic heterocycles. The average molecular weight is 316 g/mol. The summed E-state index contributed by atoms with van der Waals surface area (Å²) in [5.41, 5.74) is 5.78. The van der Waals surface area contributed by atoms with E-state index in [2.05, 4.69) is 9.71 Å². The molecule has 1 heterocycles. The summed E-state index contributed by atoms with van der Waals surface area (Å²) in [6.07, 6.45) is 1.27. The minimum absolute atomic E-state index is 0.151. The molecule has 3 N–H and O–H groups in total. The van der Waals surface area contributed by atoms with Crippen LogP contribution < -0.4 is 10.5 Å². The lowest BCUT2D eigenvalue weighted by Gasteiger charge is -2.42. The second kappa shape index (κ2) is 6.02. The lowest BCUT2D eigenvalue weighted by Crippen LogP contribution is -2.64. The molecule has 10 heteroatoms. The molecule has 1 aliphatic rings. The molecule has 0 aromatic carbocycles. The predicted octanol–water partition coefficient (Wildman–Crippen LogP) is -0.227. The first-order valence-corrected chi connectivity index (χ1v) is 7.83. The molecular weight excluding hydrogens is 300 g/mol. The van der Waals surface area contributed by atoms with Crippen molar-refractivity contribution in [2.75, 3.05) is 6.61 Å². The van der Waals surface area contributed by atoms with E-state index in [-0.39, 0.29) is 17.0 Å². The Kier molecular flexibility index (Phi) is 4.52. The van der Waals surface area contributed by atoms with E-state index in [1.165, 1.54) is 0 Å². The van der Waals surface area contributed by atoms with Crippen molar-refractivity contribution < 1.29 is 18.1 Å². The second-order valence-electron chi connectivity index (χ2n) is 4.65. The van der Waals surface area contributed by atoms with E-state index in [1.807, 2.05) is 6.92 Å². The Labute approximate surface area is 121 Å². The lowest BCUT2D eigenvalue weighted by atomic mass is 9.84. The van der Waals surface area contributed by atoms with Crippen molar-refractivity contribution in [2.24, 2.45) is 5.73 Å². The maximum absolute atomic E-state index is 12.2. The van der Waals surface area contributed by atoms with Crippen LogP contribution in [0.4, 0.5) is 5.82 Å². The van der Waals surface area contributed by atoms with Crippen LogP contribution in [0.25, 0.3) is 0 Å². The van der Waals surface area contributed by atoms with E-state index in [0.717, 1.165) is 18.3 Å². The van der Waals surface area contributed by atoms with E-state index >= 15 is 0 Å². The van der Waals surface area contributed by atoms with Crippen molar-refractivity contribution in [2.45, 2.75) is 36.4 Å². The van der Waals surface area contributed by atoms with Crippen LogP contribution in [0.5, 0.6) is 0 Å². The Balaban J connectivity index is 2.12. The molecular formula is C11H16N4O5S. The SMILES string of the molecule is CCOC1CC(N)C1NS(=O)(=O)c1ccc([N+](=O)[O-])nc1. The summed E-state index contributed by atoms with van der Waals surface area (Å²) < 4.78 is 32.2. The number of rotatable bonds is 6. The molecule has 3 unspecified atom stereocenters. The average Bonchev–Trinajstić information content (AvgIpc) is 2.45. The van der Waals surface area contributed by atoms with Gasteiger partial charge in [-0.1, -0.05) is 0 Å². The van der Waals surface area contributed by atoms with Crippen LogP contribution in [0.15, 0.2) is 23.2 Å². The van der Waals surface area contributed by atoms with E-state index in [9.17, 15) is 18.5 Å². The van der Waals surface area contributed by atoms with Gasteiger partial charge >= 0.3 is 5.82 Å². The third-order valence-electron chi connectivity index (χ3n) is 3.26. The molecule has 0 bridgehead atoms. The number of hydrogen-bond donors (Lipinski definition) is 2. The number of sulfonamides is 1. The van der Waals surface area contributed by atoms with Crippen LogP contribution in [0.3, 0.4) is 0 Å². The minimum atomic E-state index is -3.84. The van der Waals surface area contributed by atoms with Crippen molar-refractivity contribution in [3.8, 4) is 0 Å². The highest BCUT2D eigenvalue weighted by Crippen LogP contribution is 2.24. The van der Waals surface area contributed by atoms with E-state index in [0.29, 0.717) is 13.0 Å². The largest absolute Gasteiger partial charge is 0.377 e. The van der Waals surface area contributed by atoms with Gasteiger partial charge in [0.1, 0.15) is 4.90 Å². The number of aromatic nitrogens is 1. The topological polar surface area (TPSA) is 137 Å². The lowest BCUT2D eigenvalue weighted by molar-refractivity contribution is -0.389. The molecule has 0 spiro atoms. The van der Waals surface area contributed by atoms with Crippen LogP contribution in [-0.4, -0.2) is 43.1 Å². The summed E-state index contributed by atoms with van der Waals surface area (Å²) in [6.45, 7) is 2.28. The highest BCUT2D eigenvalue weighted by Gasteiger charge is 2.42. The molecule has 1 saturated carbocycles. The maximum atomic E-state index is 12.2. The number of nitrogens with one attached hydrogen (secondary N) is 1. The van der Waals surface area contributed by atoms with Crippen molar-refractivity contribution in [3.63, 3.8) is 0 Å². The molecule has 1 aromatic heterocycles. The van der Waals surface area contributed by atoms with Crippen LogP contribution in [0.1, 0.15) is 13.3 Å². The third kappa shape index (κ3) is 3.35. The summed E-state index contributed by atoms with van der Waals surface area (Å²) in [4.78, 5) is 13.1. The standard InChI is InChI=1S/C11H16N4O5S/c1-2-20-9-5-8(12)11(9)14-21(18,19)7-3-4-10(13-6-7)15(16)17/h3-4,6,8-9,11,14H,2,5,12H2,1H3. The van der Waals surface area contributed by atoms with Crippen molar-refractivity contribution >= 4 is 15.8 Å². The van der Waals surface area contributed by atoms with Gasteiger partial charge in [-0.25, -0.2) is 13.1 Å². The van der Waals surface area contributed by atoms with Crippen LogP contribution in [0, 0.1) is 10.1 Å². The number of ether oxygens (including phenoxy) is 1. The zero-order valence-corrected chi connectivity index (χ0v) is 12.1. The second-order valence-corrected chi connectivity index (χ2v) is 6.36. The normalized spacial score (nSPS) is 25.3. The monoisotopic (exact) mass is 316 g/mol. The fourth-order valence-electron chi connectivity index (χ4n) is 2.08. The first-order chi connectivity index (χ1) is 9.85. The number of nitrogens with two attached hydrogens (primary N) is 1. The minimum Gasteiger partial charge on any atom is -0.377 e. The highest BCUT2D eigenvalue weighted by molar-refractivity contribution is 7.89. The molecule has 0 saturated heterocycles. The zero-order chi connectivity index (χ0) is 15.6. The van der Waals surface area contributed by atoms with Gasteiger partial charge in [-0.2, -0.15) is 0 Å². The van der Waals surface area contributed by atoms with E-state index < -0.39 is 26.8 Å². The van der Waals surface area contributed by atoms with Crippen LogP contribution >= 0.6 is 0 Å². The molecule has 9 nitrogen and oxygen atoms in total. The van der Waals surface area contributed by atoms with Gasteiger partial charge < -0.3 is 20.6 Å². The fraction of sp³-hybridized carbons (Fsp3) is 0.545. The maximum Gasteiger partial charge on any atom is 0.363 e. The summed E-state index contributed by atoms with van der Waals surface area (Å²) in [7, 11) is -3.84. The van der Waals surface area contributed by atoms with Gasteiger partial charge in [0.05, 0.1) is 12.1 Å². The molecule has 1 aliphatic carbocycles. The molecule has 0 radical (unpaired) electrons. The number of hydrogen-bond acceptors (Lipinski definition) is 7. The van der Waals surface area contributed by atoms with Crippen molar-refractivity contribution in [1.29, 1.82) is 0 Å². The molecule has 1 fully saturated rings. The molecule has 116 valence electrons. The predicted molar refractivity (Wildman–Crippen MR) is 73.0 cm³/mol. The Morgan fingerprint density at radius 2 is 2.29 bits per heavy atom. The smallest absolute Gasteiger partial charge is 0.363 e. The molecule has 21 heavy (non-hydrogen) atoms. The third-order valence-corrected chi connectivity index (χ3v) is 4.70. The molecule has 2 rings (SSSR count). The summed E-state index contributed by atoms with van der Waals surface area (Å²) in [5, 5.41) is 10.5. The van der Waals surface area contributed by atoms with Gasteiger partial charge in [0.25, 0.3) is 0 Å². The number of nitrogens with zero attached hydrogens (tertiary/aromatic N) is 2. The van der Waals surface area contributed by atoms with Crippen LogP contribution in [-0.2, 0) is 14.8 Å². The first kappa shape index (κ1) is 15.8. The number of pyridine rings is 1. The van der Waals surface area contributed by atoms with Gasteiger partial charge in [0, 0.05) is 18.7 Å². The van der Waals surface area contributed by atoms with Gasteiger partial charge in [0.15, 0.2) is 6.20 Å². The van der Waals surface area contributed by atoms with Gasteiger partial charge in [-0.15, -0.1) is 0 Å². The van der Waals surface area contributed by atoms with E-state index in [1.54, 1.807) is 0 Å². The van der Waals surface area contributed by atoms with Gasteiger partial charge in [-0.3, -0.25) is 0 Å². The first-order valence-electron chi connectivity index (χ1n) is 6.35. The molecule has 0 amide bonds. The van der Waals surface area contributed by atoms with E-state index in [4.69, 9.17) is 10.5 Å². The van der Waals surface area contributed by atoms with Crippen molar-refractivity contribution in [1.82, 2.24) is 9.71 Å². The Hall–Kier alpha value is -1.62. The molecule has 1 aromatic rings. The van der Waals surface area contributed by atoms with Crippen molar-refractivity contribution in [3.05, 3.63) is 28.4 Å². The quantitative estimate of drug-likeness (QED) is 0.546. The Bertz CT molecular complexity index is 616. The fourth-order valence-corrected chi connectivity index (χ4v) is 3.34. The van der Waals surface area contributed by atoms with Crippen LogP contribution in [0.2, 0.25) is 0 Å². The summed E-state index contributed by atoms with van der Waals surface area (Å²) in [5.74, 6) is -0.415. The zero-order valence-electron chi connectivity index (χ0n) is 11.3. The summed E-state index contributed by atoms with van der Waals surface area (Å²) >= 11 is 0. The number of nitro groups is 1. The highest BCUT2D eigenvalue weighted by atomic mass is 32.2. The Morgan fingerprint density at radius 3 is 2.76 bits per heavy atom. The van der Waals surface area contributed by atoms with Gasteiger partial charge in [0.2, 0.25) is 10.0 Å². The Morgan fingerprint density at radius 1 is 1.57 bits per heavy atom. The summed E-state index contributed by atoms with van der Waals surface area (Å²) in [6, 6.07) is 1.34.